The fraction of sp³-hybridized carbons (Fsp3) is 0.120. The quantitative estimate of drug-likeness (QED) is 0.372. The molecule has 0 bridgehead atoms. The molecule has 0 aliphatic carbocycles. The van der Waals surface area contributed by atoms with Crippen LogP contribution >= 0.6 is 11.6 Å². The Hall–Kier alpha value is -3.77. The summed E-state index contributed by atoms with van der Waals surface area (Å²) < 4.78 is 9.58. The van der Waals surface area contributed by atoms with Crippen LogP contribution in [-0.4, -0.2) is 14.5 Å². The van der Waals surface area contributed by atoms with E-state index in [4.69, 9.17) is 16.0 Å². The van der Waals surface area contributed by atoms with Crippen LogP contribution in [0.2, 0.25) is 5.02 Å². The lowest BCUT2D eigenvalue weighted by Gasteiger charge is -2.06. The summed E-state index contributed by atoms with van der Waals surface area (Å²) in [6.07, 6.45) is 8.25. The summed E-state index contributed by atoms with van der Waals surface area (Å²) in [5, 5.41) is 1.25. The summed E-state index contributed by atoms with van der Waals surface area (Å²) in [5.74, 6) is 0.876. The number of pyridine rings is 1. The van der Waals surface area contributed by atoms with Crippen molar-refractivity contribution < 1.29 is 8.98 Å². The van der Waals surface area contributed by atoms with E-state index in [1.165, 1.54) is 0 Å². The van der Waals surface area contributed by atoms with Crippen molar-refractivity contribution in [2.45, 2.75) is 19.9 Å². The fourth-order valence-corrected chi connectivity index (χ4v) is 3.91. The number of aryl methyl sites for hydroxylation is 1. The summed E-state index contributed by atoms with van der Waals surface area (Å²) in [5.41, 5.74) is 2.93. The first kappa shape index (κ1) is 20.2. The highest BCUT2D eigenvalue weighted by Gasteiger charge is 2.19. The standard InChI is InChI=1S/C25H20ClN4O2/c1-2-18-5-3-7-21-22(18)25(31)32-24(28-21)20-6-4-12-27-23(20)30-14-13-29(16-30)15-17-8-10-19(26)11-9-17/h3-14,16H,2,15H2,1H3/q+1. The Morgan fingerprint density at radius 1 is 1.09 bits per heavy atom. The molecule has 0 fully saturated rings. The van der Waals surface area contributed by atoms with Gasteiger partial charge in [0.1, 0.15) is 24.5 Å². The molecule has 3 heterocycles. The van der Waals surface area contributed by atoms with E-state index in [1.807, 2.05) is 83.3 Å². The first-order chi connectivity index (χ1) is 15.6. The normalized spacial score (nSPS) is 11.2. The summed E-state index contributed by atoms with van der Waals surface area (Å²) in [6, 6.07) is 17.1. The molecule has 0 aliphatic heterocycles. The van der Waals surface area contributed by atoms with Crippen LogP contribution in [0.15, 0.2) is 88.7 Å². The Kier molecular flexibility index (Phi) is 5.29. The van der Waals surface area contributed by atoms with Gasteiger partial charge >= 0.3 is 5.63 Å². The Labute approximate surface area is 189 Å². The number of hydrogen-bond acceptors (Lipinski definition) is 4. The van der Waals surface area contributed by atoms with Gasteiger partial charge in [0.25, 0.3) is 6.33 Å². The molecule has 0 radical (unpaired) electrons. The lowest BCUT2D eigenvalue weighted by molar-refractivity contribution is -0.687. The Morgan fingerprint density at radius 2 is 1.94 bits per heavy atom. The van der Waals surface area contributed by atoms with Gasteiger partial charge in [0.15, 0.2) is 0 Å². The van der Waals surface area contributed by atoms with Crippen LogP contribution in [-0.2, 0) is 13.0 Å². The highest BCUT2D eigenvalue weighted by molar-refractivity contribution is 6.30. The average molecular weight is 444 g/mol. The predicted molar refractivity (Wildman–Crippen MR) is 123 cm³/mol. The van der Waals surface area contributed by atoms with E-state index >= 15 is 0 Å². The first-order valence-corrected chi connectivity index (χ1v) is 10.7. The molecule has 0 N–H and O–H groups in total. The third-order valence-corrected chi connectivity index (χ3v) is 5.61. The molecule has 6 nitrogen and oxygen atoms in total. The van der Waals surface area contributed by atoms with E-state index < -0.39 is 0 Å². The van der Waals surface area contributed by atoms with Crippen LogP contribution in [0.1, 0.15) is 18.1 Å². The second kappa shape index (κ2) is 8.40. The molecule has 0 amide bonds. The molecular formula is C25H20ClN4O2+. The topological polar surface area (TPSA) is 64.8 Å². The van der Waals surface area contributed by atoms with Gasteiger partial charge in [-0.05, 0) is 47.9 Å². The first-order valence-electron chi connectivity index (χ1n) is 10.3. The molecule has 5 aromatic rings. The smallest absolute Gasteiger partial charge is 0.347 e. The molecule has 2 aromatic carbocycles. The highest BCUT2D eigenvalue weighted by Crippen LogP contribution is 2.25. The molecule has 158 valence electrons. The van der Waals surface area contributed by atoms with Crippen molar-refractivity contribution in [2.75, 3.05) is 0 Å². The molecule has 0 aliphatic rings. The van der Waals surface area contributed by atoms with Crippen LogP contribution < -0.4 is 10.2 Å². The summed E-state index contributed by atoms with van der Waals surface area (Å²) in [6.45, 7) is 2.70. The summed E-state index contributed by atoms with van der Waals surface area (Å²) in [7, 11) is 0. The number of benzene rings is 2. The number of imidazole rings is 1. The van der Waals surface area contributed by atoms with Crippen molar-refractivity contribution in [1.82, 2.24) is 14.5 Å². The number of fused-ring (bicyclic) bond motifs is 1. The molecule has 3 aromatic heterocycles. The van der Waals surface area contributed by atoms with Crippen LogP contribution in [0, 0.1) is 0 Å². The van der Waals surface area contributed by atoms with Gasteiger partial charge in [0.2, 0.25) is 11.7 Å². The number of rotatable bonds is 5. The van der Waals surface area contributed by atoms with Gasteiger partial charge in [-0.3, -0.25) is 0 Å². The molecule has 5 rings (SSSR count). The van der Waals surface area contributed by atoms with Gasteiger partial charge in [-0.25, -0.2) is 19.3 Å². The van der Waals surface area contributed by atoms with Gasteiger partial charge in [-0.1, -0.05) is 42.8 Å². The zero-order valence-electron chi connectivity index (χ0n) is 17.4. The van der Waals surface area contributed by atoms with Gasteiger partial charge < -0.3 is 4.42 Å². The molecule has 0 unspecified atom stereocenters. The number of hydrogen-bond donors (Lipinski definition) is 0. The highest BCUT2D eigenvalue weighted by atomic mass is 35.5. The molecule has 7 heteroatoms. The van der Waals surface area contributed by atoms with Crippen molar-refractivity contribution in [1.29, 1.82) is 0 Å². The van der Waals surface area contributed by atoms with E-state index in [2.05, 4.69) is 9.97 Å². The Morgan fingerprint density at radius 3 is 2.75 bits per heavy atom. The zero-order valence-corrected chi connectivity index (χ0v) is 18.2. The van der Waals surface area contributed by atoms with Gasteiger partial charge in [0, 0.05) is 11.2 Å². The summed E-state index contributed by atoms with van der Waals surface area (Å²) in [4.78, 5) is 22.0. The van der Waals surface area contributed by atoms with Crippen molar-refractivity contribution in [3.63, 3.8) is 0 Å². The Balaban J connectivity index is 1.55. The van der Waals surface area contributed by atoms with E-state index in [9.17, 15) is 4.79 Å². The molecule has 0 atom stereocenters. The number of halogens is 1. The van der Waals surface area contributed by atoms with Crippen molar-refractivity contribution in [3.8, 4) is 17.3 Å². The second-order valence-corrected chi connectivity index (χ2v) is 7.90. The van der Waals surface area contributed by atoms with Crippen molar-refractivity contribution in [2.24, 2.45) is 0 Å². The monoisotopic (exact) mass is 443 g/mol. The fourth-order valence-electron chi connectivity index (χ4n) is 3.78. The third kappa shape index (κ3) is 3.81. The molecular weight excluding hydrogens is 424 g/mol. The van der Waals surface area contributed by atoms with Crippen LogP contribution in [0.3, 0.4) is 0 Å². The lowest BCUT2D eigenvalue weighted by Crippen LogP contribution is -2.31. The van der Waals surface area contributed by atoms with E-state index in [-0.39, 0.29) is 11.5 Å². The van der Waals surface area contributed by atoms with Crippen LogP contribution in [0.4, 0.5) is 0 Å². The summed E-state index contributed by atoms with van der Waals surface area (Å²) >= 11 is 5.98. The minimum Gasteiger partial charge on any atom is -0.403 e. The maximum atomic E-state index is 12.8. The van der Waals surface area contributed by atoms with Crippen LogP contribution in [0.25, 0.3) is 28.2 Å². The number of aromatic nitrogens is 4. The average Bonchev–Trinajstić information content (AvgIpc) is 3.28. The lowest BCUT2D eigenvalue weighted by atomic mass is 10.1. The van der Waals surface area contributed by atoms with Crippen LogP contribution in [0.5, 0.6) is 0 Å². The SMILES string of the molecule is CCc1cccc2nc(-c3cccnc3-n3cc[n+](Cc4ccc(Cl)cc4)c3)oc(=O)c12. The molecule has 0 saturated carbocycles. The Bertz CT molecular complexity index is 1470. The van der Waals surface area contributed by atoms with Crippen molar-refractivity contribution >= 4 is 22.5 Å². The third-order valence-electron chi connectivity index (χ3n) is 5.36. The maximum Gasteiger partial charge on any atom is 0.347 e. The maximum absolute atomic E-state index is 12.8. The zero-order chi connectivity index (χ0) is 22.1. The molecule has 32 heavy (non-hydrogen) atoms. The number of nitrogens with zero attached hydrogens (tertiary/aromatic N) is 4. The minimum absolute atomic E-state index is 0.247. The van der Waals surface area contributed by atoms with Crippen molar-refractivity contribution in [3.05, 3.63) is 106 Å². The van der Waals surface area contributed by atoms with E-state index in [0.717, 1.165) is 17.5 Å². The van der Waals surface area contributed by atoms with Gasteiger partial charge in [0.05, 0.1) is 10.9 Å². The molecule has 0 spiro atoms. The minimum atomic E-state index is -0.387. The van der Waals surface area contributed by atoms with Gasteiger partial charge in [-0.2, -0.15) is 4.57 Å². The predicted octanol–water partition coefficient (Wildman–Crippen LogP) is 4.59. The van der Waals surface area contributed by atoms with E-state index in [0.29, 0.717) is 33.9 Å². The molecule has 0 saturated heterocycles. The second-order valence-electron chi connectivity index (χ2n) is 7.47. The largest absolute Gasteiger partial charge is 0.403 e. The van der Waals surface area contributed by atoms with Gasteiger partial charge in [-0.15, -0.1) is 0 Å². The van der Waals surface area contributed by atoms with E-state index in [1.54, 1.807) is 12.3 Å².